The molecule has 0 aromatic heterocycles. The van der Waals surface area contributed by atoms with Crippen LogP contribution in [0.2, 0.25) is 0 Å². The number of fused-ring (bicyclic) bond motifs is 1. The van der Waals surface area contributed by atoms with Gasteiger partial charge >= 0.3 is 6.61 Å². The van der Waals surface area contributed by atoms with Gasteiger partial charge in [-0.2, -0.15) is 8.78 Å². The van der Waals surface area contributed by atoms with E-state index in [-0.39, 0.29) is 11.6 Å². The van der Waals surface area contributed by atoms with E-state index in [0.717, 1.165) is 42.3 Å². The highest BCUT2D eigenvalue weighted by Gasteiger charge is 2.13. The fraction of sp³-hybridized carbons (Fsp3) is 0.333. The number of hydrogen-bond donors (Lipinski definition) is 0. The molecule has 0 N–H and O–H groups in total. The fourth-order valence-electron chi connectivity index (χ4n) is 4.72. The van der Waals surface area contributed by atoms with E-state index in [1.165, 1.54) is 18.6 Å². The van der Waals surface area contributed by atoms with Crippen molar-refractivity contribution in [3.05, 3.63) is 106 Å². The molecule has 2 nitrogen and oxygen atoms in total. The number of ether oxygens (including phenoxy) is 2. The molecule has 4 rings (SSSR count). The standard InChI is InChI=1S/C33H33F5O2/c1-2-3-4-5-18-39-27-15-14-24(29(34)21-27)10-6-22-8-16-28-26(19-22)13-12-25(32(28)36)11-7-23-9-17-31(30(35)20-23)40-33(37)38/h8-9,12-17,19-21,33H,2-7,10-11,18H2,1H3. The Bertz CT molecular complexity index is 1420. The number of benzene rings is 4. The molecule has 0 saturated heterocycles. The van der Waals surface area contributed by atoms with Gasteiger partial charge in [-0.25, -0.2) is 13.2 Å². The minimum Gasteiger partial charge on any atom is -0.493 e. The van der Waals surface area contributed by atoms with Crippen molar-refractivity contribution in [3.63, 3.8) is 0 Å². The fourth-order valence-corrected chi connectivity index (χ4v) is 4.72. The van der Waals surface area contributed by atoms with Crippen LogP contribution in [0.3, 0.4) is 0 Å². The zero-order chi connectivity index (χ0) is 28.5. The van der Waals surface area contributed by atoms with Gasteiger partial charge < -0.3 is 9.47 Å². The van der Waals surface area contributed by atoms with Crippen LogP contribution < -0.4 is 9.47 Å². The van der Waals surface area contributed by atoms with Crippen molar-refractivity contribution in [2.24, 2.45) is 0 Å². The molecule has 0 amide bonds. The van der Waals surface area contributed by atoms with Crippen molar-refractivity contribution in [1.29, 1.82) is 0 Å². The van der Waals surface area contributed by atoms with Crippen molar-refractivity contribution in [1.82, 2.24) is 0 Å². The quantitative estimate of drug-likeness (QED) is 0.114. The summed E-state index contributed by atoms with van der Waals surface area (Å²) in [7, 11) is 0. The van der Waals surface area contributed by atoms with Crippen LogP contribution in [-0.4, -0.2) is 13.2 Å². The van der Waals surface area contributed by atoms with Gasteiger partial charge in [0.1, 0.15) is 17.4 Å². The number of rotatable bonds is 14. The first-order valence-electron chi connectivity index (χ1n) is 13.7. The second-order valence-electron chi connectivity index (χ2n) is 9.90. The minimum absolute atomic E-state index is 0.293. The highest BCUT2D eigenvalue weighted by atomic mass is 19.3. The summed E-state index contributed by atoms with van der Waals surface area (Å²) in [5.41, 5.74) is 2.60. The van der Waals surface area contributed by atoms with Gasteiger partial charge in [-0.3, -0.25) is 0 Å². The maximum atomic E-state index is 15.2. The Morgan fingerprint density at radius 3 is 2.12 bits per heavy atom. The molecule has 0 bridgehead atoms. The first kappa shape index (κ1) is 29.4. The van der Waals surface area contributed by atoms with E-state index < -0.39 is 18.2 Å². The summed E-state index contributed by atoms with van der Waals surface area (Å²) >= 11 is 0. The Balaban J connectivity index is 1.35. The lowest BCUT2D eigenvalue weighted by atomic mass is 9.97. The van der Waals surface area contributed by atoms with Crippen LogP contribution in [-0.2, 0) is 25.7 Å². The van der Waals surface area contributed by atoms with Crippen molar-refractivity contribution >= 4 is 10.8 Å². The van der Waals surface area contributed by atoms with E-state index in [2.05, 4.69) is 11.7 Å². The molecule has 0 aliphatic rings. The van der Waals surface area contributed by atoms with E-state index in [0.29, 0.717) is 60.1 Å². The molecule has 4 aromatic carbocycles. The highest BCUT2D eigenvalue weighted by Crippen LogP contribution is 2.26. The molecule has 0 atom stereocenters. The predicted octanol–water partition coefficient (Wildman–Crippen LogP) is 9.39. The first-order chi connectivity index (χ1) is 19.3. The predicted molar refractivity (Wildman–Crippen MR) is 148 cm³/mol. The Hall–Kier alpha value is -3.61. The molecular formula is C33H33F5O2. The average molecular weight is 557 g/mol. The number of aryl methyl sites for hydroxylation is 4. The van der Waals surface area contributed by atoms with Crippen LogP contribution in [0, 0.1) is 17.5 Å². The van der Waals surface area contributed by atoms with Crippen LogP contribution in [0.5, 0.6) is 11.5 Å². The third-order valence-corrected chi connectivity index (χ3v) is 6.97. The summed E-state index contributed by atoms with van der Waals surface area (Å²) in [6.07, 6.45) is 6.14. The molecule has 7 heteroatoms. The van der Waals surface area contributed by atoms with E-state index in [9.17, 15) is 17.6 Å². The van der Waals surface area contributed by atoms with Crippen LogP contribution in [0.4, 0.5) is 22.0 Å². The SMILES string of the molecule is CCCCCCOc1ccc(CCc2ccc3c(F)c(CCc4ccc(OC(F)F)c(F)c4)ccc3c2)c(F)c1. The van der Waals surface area contributed by atoms with Gasteiger partial charge in [0.2, 0.25) is 0 Å². The smallest absolute Gasteiger partial charge is 0.387 e. The molecule has 0 saturated carbocycles. The van der Waals surface area contributed by atoms with Gasteiger partial charge in [-0.05, 0) is 77.9 Å². The maximum absolute atomic E-state index is 15.2. The van der Waals surface area contributed by atoms with Gasteiger partial charge in [0, 0.05) is 11.5 Å². The lowest BCUT2D eigenvalue weighted by Gasteiger charge is -2.11. The monoisotopic (exact) mass is 556 g/mol. The van der Waals surface area contributed by atoms with Crippen molar-refractivity contribution < 1.29 is 31.4 Å². The summed E-state index contributed by atoms with van der Waals surface area (Å²) < 4.78 is 78.3. The molecular weight excluding hydrogens is 523 g/mol. The molecule has 212 valence electrons. The van der Waals surface area contributed by atoms with E-state index in [1.807, 2.05) is 18.2 Å². The molecule has 0 aliphatic carbocycles. The van der Waals surface area contributed by atoms with Crippen LogP contribution in [0.25, 0.3) is 10.8 Å². The maximum Gasteiger partial charge on any atom is 0.387 e. The third kappa shape index (κ3) is 7.96. The van der Waals surface area contributed by atoms with Crippen LogP contribution >= 0.6 is 0 Å². The number of alkyl halides is 2. The number of halogens is 5. The molecule has 0 fully saturated rings. The summed E-state index contributed by atoms with van der Waals surface area (Å²) in [6, 6.07) is 17.8. The lowest BCUT2D eigenvalue weighted by Crippen LogP contribution is -2.04. The lowest BCUT2D eigenvalue weighted by molar-refractivity contribution is -0.0522. The number of unbranched alkanes of at least 4 members (excludes halogenated alkanes) is 3. The summed E-state index contributed by atoms with van der Waals surface area (Å²) in [5, 5.41) is 1.21. The van der Waals surface area contributed by atoms with Crippen molar-refractivity contribution in [3.8, 4) is 11.5 Å². The molecule has 0 spiro atoms. The van der Waals surface area contributed by atoms with Gasteiger partial charge in [0.05, 0.1) is 6.61 Å². The van der Waals surface area contributed by atoms with Gasteiger partial charge in [0.25, 0.3) is 0 Å². The summed E-state index contributed by atoms with van der Waals surface area (Å²) in [5.74, 6) is -1.51. The van der Waals surface area contributed by atoms with Crippen LogP contribution in [0.1, 0.15) is 54.9 Å². The Morgan fingerprint density at radius 1 is 0.675 bits per heavy atom. The van der Waals surface area contributed by atoms with Gasteiger partial charge in [-0.1, -0.05) is 68.7 Å². The van der Waals surface area contributed by atoms with Crippen molar-refractivity contribution in [2.75, 3.05) is 6.61 Å². The second-order valence-corrected chi connectivity index (χ2v) is 9.90. The Labute approximate surface area is 231 Å². The van der Waals surface area contributed by atoms with E-state index in [1.54, 1.807) is 24.3 Å². The summed E-state index contributed by atoms with van der Waals surface area (Å²) in [6.45, 7) is -0.374. The van der Waals surface area contributed by atoms with Gasteiger partial charge in [0.15, 0.2) is 11.6 Å². The highest BCUT2D eigenvalue weighted by molar-refractivity contribution is 5.84. The molecule has 0 unspecified atom stereocenters. The normalized spacial score (nSPS) is 11.4. The van der Waals surface area contributed by atoms with Gasteiger partial charge in [-0.15, -0.1) is 0 Å². The number of hydrogen-bond acceptors (Lipinski definition) is 2. The molecule has 40 heavy (non-hydrogen) atoms. The first-order valence-corrected chi connectivity index (χ1v) is 13.7. The average Bonchev–Trinajstić information content (AvgIpc) is 2.93. The van der Waals surface area contributed by atoms with Crippen molar-refractivity contribution in [2.45, 2.75) is 64.9 Å². The molecule has 4 aromatic rings. The minimum atomic E-state index is -3.11. The zero-order valence-electron chi connectivity index (χ0n) is 22.5. The summed E-state index contributed by atoms with van der Waals surface area (Å²) in [4.78, 5) is 0. The van der Waals surface area contributed by atoms with Crippen LogP contribution in [0.15, 0.2) is 66.7 Å². The Morgan fingerprint density at radius 2 is 1.40 bits per heavy atom. The van der Waals surface area contributed by atoms with E-state index in [4.69, 9.17) is 4.74 Å². The zero-order valence-corrected chi connectivity index (χ0v) is 22.5. The topological polar surface area (TPSA) is 18.5 Å². The molecule has 0 aliphatic heterocycles. The third-order valence-electron chi connectivity index (χ3n) is 6.97. The second kappa shape index (κ2) is 14.1. The molecule has 0 radical (unpaired) electrons. The Kier molecular flexibility index (Phi) is 10.4. The largest absolute Gasteiger partial charge is 0.493 e. The molecule has 0 heterocycles. The van der Waals surface area contributed by atoms with E-state index >= 15 is 4.39 Å².